The summed E-state index contributed by atoms with van der Waals surface area (Å²) in [6.45, 7) is 7.99. The molecule has 1 aromatic carbocycles. The molecule has 6 heteroatoms. The van der Waals surface area contributed by atoms with Crippen molar-refractivity contribution in [3.8, 4) is 5.75 Å². The van der Waals surface area contributed by atoms with E-state index in [1.54, 1.807) is 7.11 Å². The van der Waals surface area contributed by atoms with Crippen LogP contribution in [-0.4, -0.2) is 64.4 Å². The number of hydrogen-bond donors (Lipinski definition) is 2. The Bertz CT molecular complexity index is 489. The van der Waals surface area contributed by atoms with Crippen LogP contribution in [0.3, 0.4) is 0 Å². The van der Waals surface area contributed by atoms with Crippen LogP contribution in [-0.2, 0) is 11.3 Å². The zero-order valence-electron chi connectivity index (χ0n) is 16.3. The summed E-state index contributed by atoms with van der Waals surface area (Å²) in [7, 11) is 5.84. The van der Waals surface area contributed by atoms with Crippen molar-refractivity contribution in [1.82, 2.24) is 15.5 Å². The van der Waals surface area contributed by atoms with E-state index in [1.165, 1.54) is 0 Å². The van der Waals surface area contributed by atoms with Crippen molar-refractivity contribution in [2.45, 2.75) is 32.9 Å². The topological polar surface area (TPSA) is 58.1 Å². The number of guanidine groups is 1. The van der Waals surface area contributed by atoms with Gasteiger partial charge in [-0.25, -0.2) is 4.99 Å². The average molecular weight is 351 g/mol. The van der Waals surface area contributed by atoms with Crippen LogP contribution in [0.4, 0.5) is 0 Å². The monoisotopic (exact) mass is 350 g/mol. The molecule has 2 N–H and O–H groups in total. The Labute approximate surface area is 152 Å². The van der Waals surface area contributed by atoms with E-state index in [-0.39, 0.29) is 6.04 Å². The maximum Gasteiger partial charge on any atom is 0.191 e. The first-order valence-electron chi connectivity index (χ1n) is 8.95. The maximum atomic E-state index is 5.75. The zero-order valence-corrected chi connectivity index (χ0v) is 16.3. The van der Waals surface area contributed by atoms with Gasteiger partial charge in [-0.3, -0.25) is 0 Å². The lowest BCUT2D eigenvalue weighted by Crippen LogP contribution is -2.43. The molecule has 0 aliphatic carbocycles. The Balaban J connectivity index is 2.48. The van der Waals surface area contributed by atoms with Crippen LogP contribution in [0.5, 0.6) is 5.75 Å². The highest BCUT2D eigenvalue weighted by Crippen LogP contribution is 2.13. The zero-order chi connectivity index (χ0) is 18.5. The highest BCUT2D eigenvalue weighted by molar-refractivity contribution is 5.80. The summed E-state index contributed by atoms with van der Waals surface area (Å²) >= 11 is 0. The van der Waals surface area contributed by atoms with E-state index in [4.69, 9.17) is 9.47 Å². The van der Waals surface area contributed by atoms with Gasteiger partial charge in [-0.05, 0) is 52.1 Å². The van der Waals surface area contributed by atoms with E-state index in [1.807, 2.05) is 12.1 Å². The number of rotatable bonds is 11. The Morgan fingerprint density at radius 1 is 1.24 bits per heavy atom. The van der Waals surface area contributed by atoms with Crippen molar-refractivity contribution >= 4 is 5.96 Å². The van der Waals surface area contributed by atoms with Crippen LogP contribution in [0, 0.1) is 0 Å². The molecule has 0 radical (unpaired) electrons. The minimum atomic E-state index is 0.209. The van der Waals surface area contributed by atoms with Gasteiger partial charge in [-0.1, -0.05) is 12.1 Å². The Morgan fingerprint density at radius 2 is 1.96 bits per heavy atom. The van der Waals surface area contributed by atoms with Gasteiger partial charge in [-0.2, -0.15) is 0 Å². The molecule has 0 amide bonds. The van der Waals surface area contributed by atoms with Crippen molar-refractivity contribution in [2.24, 2.45) is 4.99 Å². The van der Waals surface area contributed by atoms with Gasteiger partial charge in [-0.15, -0.1) is 0 Å². The maximum absolute atomic E-state index is 5.75. The highest BCUT2D eigenvalue weighted by atomic mass is 16.5. The first kappa shape index (κ1) is 21.3. The molecule has 0 heterocycles. The van der Waals surface area contributed by atoms with Crippen molar-refractivity contribution in [1.29, 1.82) is 0 Å². The van der Waals surface area contributed by atoms with Gasteiger partial charge in [0, 0.05) is 26.2 Å². The third-order valence-electron chi connectivity index (χ3n) is 3.51. The number of nitrogens with zero attached hydrogens (tertiary/aromatic N) is 2. The van der Waals surface area contributed by atoms with Crippen molar-refractivity contribution in [3.05, 3.63) is 29.8 Å². The largest absolute Gasteiger partial charge is 0.494 e. The Morgan fingerprint density at radius 3 is 2.56 bits per heavy atom. The number of hydrogen-bond acceptors (Lipinski definition) is 4. The summed E-state index contributed by atoms with van der Waals surface area (Å²) in [5, 5.41) is 6.58. The molecule has 1 aromatic rings. The number of nitrogens with one attached hydrogen (secondary N) is 2. The normalized spacial score (nSPS) is 13.0. The first-order valence-corrected chi connectivity index (χ1v) is 8.95. The van der Waals surface area contributed by atoms with Crippen LogP contribution in [0.2, 0.25) is 0 Å². The fraction of sp³-hybridized carbons (Fsp3) is 0.632. The molecule has 0 aliphatic rings. The van der Waals surface area contributed by atoms with E-state index in [9.17, 15) is 0 Å². The minimum absolute atomic E-state index is 0.209. The summed E-state index contributed by atoms with van der Waals surface area (Å²) in [4.78, 5) is 6.78. The number of benzene rings is 1. The minimum Gasteiger partial charge on any atom is -0.494 e. The van der Waals surface area contributed by atoms with Crippen molar-refractivity contribution in [3.63, 3.8) is 0 Å². The summed E-state index contributed by atoms with van der Waals surface area (Å²) in [5.74, 6) is 1.71. The molecule has 1 unspecified atom stereocenters. The molecule has 0 aromatic heterocycles. The molecular formula is C19H34N4O2. The molecule has 25 heavy (non-hydrogen) atoms. The van der Waals surface area contributed by atoms with Gasteiger partial charge in [0.15, 0.2) is 5.96 Å². The smallest absolute Gasteiger partial charge is 0.191 e. The SMILES string of the molecule is CCNC(=NCc1ccc(OCCCN(C)C)cc1)NC(C)COC. The van der Waals surface area contributed by atoms with E-state index >= 15 is 0 Å². The molecular weight excluding hydrogens is 316 g/mol. The van der Waals surface area contributed by atoms with Crippen molar-refractivity contribution in [2.75, 3.05) is 47.5 Å². The standard InChI is InChI=1S/C19H34N4O2/c1-6-20-19(22-16(2)15-24-5)21-14-17-8-10-18(11-9-17)25-13-7-12-23(3)4/h8-11,16H,6-7,12-15H2,1-5H3,(H2,20,21,22). The van der Waals surface area contributed by atoms with Gasteiger partial charge in [0.2, 0.25) is 0 Å². The fourth-order valence-electron chi connectivity index (χ4n) is 2.28. The van der Waals surface area contributed by atoms with Crippen LogP contribution in [0.25, 0.3) is 0 Å². The Kier molecular flexibility index (Phi) is 10.7. The van der Waals surface area contributed by atoms with Crippen molar-refractivity contribution < 1.29 is 9.47 Å². The van der Waals surface area contributed by atoms with Gasteiger partial charge in [0.25, 0.3) is 0 Å². The van der Waals surface area contributed by atoms with Crippen LogP contribution in [0.15, 0.2) is 29.3 Å². The van der Waals surface area contributed by atoms with Crippen LogP contribution in [0.1, 0.15) is 25.8 Å². The second-order valence-electron chi connectivity index (χ2n) is 6.35. The number of aliphatic imine (C=N–C) groups is 1. The van der Waals surface area contributed by atoms with E-state index in [2.05, 4.69) is 60.6 Å². The predicted octanol–water partition coefficient (Wildman–Crippen LogP) is 2.11. The third-order valence-corrected chi connectivity index (χ3v) is 3.51. The Hall–Kier alpha value is -1.79. The van der Waals surface area contributed by atoms with Gasteiger partial charge in [0.05, 0.1) is 19.8 Å². The van der Waals surface area contributed by atoms with E-state index < -0.39 is 0 Å². The average Bonchev–Trinajstić information content (AvgIpc) is 2.58. The van der Waals surface area contributed by atoms with E-state index in [0.29, 0.717) is 13.2 Å². The molecule has 1 rings (SSSR count). The summed E-state index contributed by atoms with van der Waals surface area (Å²) < 4.78 is 10.9. The molecule has 0 aliphatic heterocycles. The molecule has 0 spiro atoms. The number of methoxy groups -OCH3 is 1. The quantitative estimate of drug-likeness (QED) is 0.364. The third kappa shape index (κ3) is 9.94. The second-order valence-corrected chi connectivity index (χ2v) is 6.35. The molecule has 0 saturated heterocycles. The molecule has 0 bridgehead atoms. The molecule has 0 fully saturated rings. The molecule has 1 atom stereocenters. The predicted molar refractivity (Wildman–Crippen MR) is 104 cm³/mol. The van der Waals surface area contributed by atoms with Crippen LogP contribution < -0.4 is 15.4 Å². The fourth-order valence-corrected chi connectivity index (χ4v) is 2.28. The van der Waals surface area contributed by atoms with Gasteiger partial charge >= 0.3 is 0 Å². The first-order chi connectivity index (χ1) is 12.0. The van der Waals surface area contributed by atoms with Gasteiger partial charge < -0.3 is 25.0 Å². The second kappa shape index (κ2) is 12.6. The lowest BCUT2D eigenvalue weighted by Gasteiger charge is -2.17. The lowest BCUT2D eigenvalue weighted by molar-refractivity contribution is 0.179. The molecule has 0 saturated carbocycles. The van der Waals surface area contributed by atoms with Gasteiger partial charge in [0.1, 0.15) is 5.75 Å². The number of ether oxygens (including phenoxy) is 2. The summed E-state index contributed by atoms with van der Waals surface area (Å²) in [6, 6.07) is 8.35. The highest BCUT2D eigenvalue weighted by Gasteiger charge is 2.04. The summed E-state index contributed by atoms with van der Waals surface area (Å²) in [6.07, 6.45) is 1.02. The molecule has 142 valence electrons. The van der Waals surface area contributed by atoms with Crippen LogP contribution >= 0.6 is 0 Å². The van der Waals surface area contributed by atoms with E-state index in [0.717, 1.165) is 43.4 Å². The lowest BCUT2D eigenvalue weighted by atomic mass is 10.2. The summed E-state index contributed by atoms with van der Waals surface area (Å²) in [5.41, 5.74) is 1.15. The molecule has 6 nitrogen and oxygen atoms in total.